The van der Waals surface area contributed by atoms with Gasteiger partial charge in [0.05, 0.1) is 0 Å². The van der Waals surface area contributed by atoms with Crippen LogP contribution in [0.15, 0.2) is 42.7 Å². The molecule has 4 rings (SSSR count). The number of fused-ring (bicyclic) bond motifs is 1. The molecule has 0 unspecified atom stereocenters. The predicted octanol–water partition coefficient (Wildman–Crippen LogP) is 4.79. The molecule has 1 saturated heterocycles. The second-order valence-corrected chi connectivity index (χ2v) is 7.99. The highest BCUT2D eigenvalue weighted by molar-refractivity contribution is 6.32. The zero-order chi connectivity index (χ0) is 20.9. The third-order valence-electron chi connectivity index (χ3n) is 5.47. The highest BCUT2D eigenvalue weighted by Crippen LogP contribution is 2.24. The summed E-state index contributed by atoms with van der Waals surface area (Å²) in [5.74, 6) is 0.897. The third-order valence-corrected chi connectivity index (χ3v) is 5.75. The molecule has 31 heavy (non-hydrogen) atoms. The van der Waals surface area contributed by atoms with Gasteiger partial charge in [0.1, 0.15) is 17.4 Å². The number of aryl methyl sites for hydroxylation is 1. The summed E-state index contributed by atoms with van der Waals surface area (Å²) in [5, 5.41) is 2.31. The number of likely N-dealkylation sites (tertiary alicyclic amines) is 1. The minimum absolute atomic E-state index is 0. The van der Waals surface area contributed by atoms with Crippen LogP contribution in [0.2, 0.25) is 5.02 Å². The molecule has 0 radical (unpaired) electrons. The molecule has 1 fully saturated rings. The number of Topliss-reactive ketones (excluding diaryl/α,β-unsaturated/α-hetero) is 1. The topological polar surface area (TPSA) is 81.3 Å². The molecule has 1 aliphatic rings. The van der Waals surface area contributed by atoms with E-state index in [4.69, 9.17) is 22.1 Å². The molecule has 2 N–H and O–H groups in total. The maximum absolute atomic E-state index is 12.6. The molecule has 0 spiro atoms. The quantitative estimate of drug-likeness (QED) is 0.507. The van der Waals surface area contributed by atoms with Crippen molar-refractivity contribution in [2.24, 2.45) is 0 Å². The number of ketones is 1. The Hall–Kier alpha value is -2.70. The molecule has 0 amide bonds. The number of carbonyl (C=O) groups excluding carboxylic acids is 1. The Bertz CT molecular complexity index is 1050. The number of halogens is 1. The van der Waals surface area contributed by atoms with Crippen molar-refractivity contribution in [2.45, 2.75) is 33.1 Å². The Kier molecular flexibility index (Phi) is 7.82. The molecule has 0 saturated carbocycles. The van der Waals surface area contributed by atoms with E-state index in [-0.39, 0.29) is 13.2 Å². The first kappa shape index (κ1) is 23.0. The van der Waals surface area contributed by atoms with Gasteiger partial charge in [-0.25, -0.2) is 9.97 Å². The summed E-state index contributed by atoms with van der Waals surface area (Å²) >= 11 is 6.30. The molecule has 1 aromatic carbocycles. The van der Waals surface area contributed by atoms with E-state index in [0.29, 0.717) is 41.7 Å². The van der Waals surface area contributed by atoms with Crippen molar-refractivity contribution in [1.82, 2.24) is 14.9 Å². The number of ether oxygens (including phenoxy) is 1. The second kappa shape index (κ2) is 10.6. The number of nitrogen functional groups attached to an aromatic ring is 1. The van der Waals surface area contributed by atoms with Gasteiger partial charge in [-0.2, -0.15) is 0 Å². The lowest BCUT2D eigenvalue weighted by atomic mass is 10.0. The van der Waals surface area contributed by atoms with Crippen molar-refractivity contribution in [3.63, 3.8) is 0 Å². The number of benzene rings is 1. The third kappa shape index (κ3) is 5.71. The van der Waals surface area contributed by atoms with Gasteiger partial charge in [-0.3, -0.25) is 9.69 Å². The van der Waals surface area contributed by atoms with Crippen LogP contribution in [-0.4, -0.2) is 46.9 Å². The molecule has 3 heterocycles. The largest absolute Gasteiger partial charge is 0.475 e. The SMILES string of the molecule is C.Nc1nccc2cc(CCC(=O)c3cnc(OCCN4CCCC4)c(Cl)c3)ccc12. The second-order valence-electron chi connectivity index (χ2n) is 7.58. The first-order chi connectivity index (χ1) is 14.6. The fraction of sp³-hybridized carbons (Fsp3) is 0.375. The Labute approximate surface area is 188 Å². The Morgan fingerprint density at radius 3 is 2.74 bits per heavy atom. The summed E-state index contributed by atoms with van der Waals surface area (Å²) in [4.78, 5) is 23.3. The van der Waals surface area contributed by atoms with E-state index in [1.54, 1.807) is 18.5 Å². The number of nitrogens with two attached hydrogens (primary N) is 1. The standard InChI is InChI=1S/C23H25ClN4O2.CH4/c24-20-14-18(15-27-23(20)30-12-11-28-9-1-2-10-28)21(29)6-4-16-3-5-19-17(13-16)7-8-26-22(19)25;/h3,5,7-8,13-15H,1-2,4,6,9-12H2,(H2,25,26);1H4. The summed E-state index contributed by atoms with van der Waals surface area (Å²) in [7, 11) is 0. The number of nitrogens with zero attached hydrogens (tertiary/aromatic N) is 3. The maximum Gasteiger partial charge on any atom is 0.232 e. The number of carbonyl (C=O) groups is 1. The summed E-state index contributed by atoms with van der Waals surface area (Å²) in [6, 6.07) is 9.54. The number of hydrogen-bond acceptors (Lipinski definition) is 6. The van der Waals surface area contributed by atoms with Crippen LogP contribution in [0.5, 0.6) is 5.88 Å². The summed E-state index contributed by atoms with van der Waals surface area (Å²) in [5.41, 5.74) is 7.47. The van der Waals surface area contributed by atoms with Crippen molar-refractivity contribution >= 4 is 34.0 Å². The number of pyridine rings is 2. The van der Waals surface area contributed by atoms with Gasteiger partial charge in [0.15, 0.2) is 5.78 Å². The van der Waals surface area contributed by atoms with E-state index in [1.165, 1.54) is 12.8 Å². The van der Waals surface area contributed by atoms with Gasteiger partial charge < -0.3 is 10.5 Å². The fourth-order valence-electron chi connectivity index (χ4n) is 3.77. The molecule has 3 aromatic rings. The molecular formula is C24H29ClN4O2. The van der Waals surface area contributed by atoms with Gasteiger partial charge in [0, 0.05) is 36.3 Å². The number of rotatable bonds is 8. The van der Waals surface area contributed by atoms with Crippen molar-refractivity contribution in [3.05, 3.63) is 58.9 Å². The monoisotopic (exact) mass is 440 g/mol. The molecule has 1 aliphatic heterocycles. The van der Waals surface area contributed by atoms with Crippen molar-refractivity contribution in [3.8, 4) is 5.88 Å². The first-order valence-corrected chi connectivity index (χ1v) is 10.6. The fourth-order valence-corrected chi connectivity index (χ4v) is 3.99. The van der Waals surface area contributed by atoms with Crippen LogP contribution in [0, 0.1) is 0 Å². The van der Waals surface area contributed by atoms with Crippen LogP contribution >= 0.6 is 11.6 Å². The van der Waals surface area contributed by atoms with Crippen LogP contribution in [0.3, 0.4) is 0 Å². The van der Waals surface area contributed by atoms with E-state index in [1.807, 2.05) is 24.3 Å². The molecule has 0 atom stereocenters. The molecule has 7 heteroatoms. The summed E-state index contributed by atoms with van der Waals surface area (Å²) < 4.78 is 5.70. The minimum Gasteiger partial charge on any atom is -0.475 e. The van der Waals surface area contributed by atoms with Gasteiger partial charge in [0.2, 0.25) is 5.88 Å². The summed E-state index contributed by atoms with van der Waals surface area (Å²) in [6.07, 6.45) is 6.74. The van der Waals surface area contributed by atoms with Gasteiger partial charge in [-0.1, -0.05) is 37.2 Å². The highest BCUT2D eigenvalue weighted by Gasteiger charge is 2.14. The molecule has 2 aromatic heterocycles. The Morgan fingerprint density at radius 2 is 1.97 bits per heavy atom. The number of aromatic nitrogens is 2. The van der Waals surface area contributed by atoms with Gasteiger partial charge >= 0.3 is 0 Å². The van der Waals surface area contributed by atoms with E-state index in [2.05, 4.69) is 14.9 Å². The highest BCUT2D eigenvalue weighted by atomic mass is 35.5. The predicted molar refractivity (Wildman–Crippen MR) is 126 cm³/mol. The van der Waals surface area contributed by atoms with Gasteiger partial charge in [0.25, 0.3) is 0 Å². The average molecular weight is 441 g/mol. The zero-order valence-corrected chi connectivity index (χ0v) is 17.6. The lowest BCUT2D eigenvalue weighted by Crippen LogP contribution is -2.25. The van der Waals surface area contributed by atoms with Crippen LogP contribution < -0.4 is 10.5 Å². The van der Waals surface area contributed by atoms with E-state index >= 15 is 0 Å². The maximum atomic E-state index is 12.6. The Balaban J connectivity index is 0.00000272. The van der Waals surface area contributed by atoms with Crippen LogP contribution in [0.25, 0.3) is 10.8 Å². The van der Waals surface area contributed by atoms with Crippen molar-refractivity contribution in [2.75, 3.05) is 32.0 Å². The van der Waals surface area contributed by atoms with Crippen LogP contribution in [0.4, 0.5) is 5.82 Å². The lowest BCUT2D eigenvalue weighted by Gasteiger charge is -2.15. The van der Waals surface area contributed by atoms with Gasteiger partial charge in [-0.05, 0) is 55.4 Å². The molecular weight excluding hydrogens is 412 g/mol. The summed E-state index contributed by atoms with van der Waals surface area (Å²) in [6.45, 7) is 3.66. The lowest BCUT2D eigenvalue weighted by molar-refractivity contribution is 0.0982. The van der Waals surface area contributed by atoms with Crippen molar-refractivity contribution in [1.29, 1.82) is 0 Å². The van der Waals surface area contributed by atoms with Crippen molar-refractivity contribution < 1.29 is 9.53 Å². The minimum atomic E-state index is 0. The van der Waals surface area contributed by atoms with Crippen LogP contribution in [-0.2, 0) is 6.42 Å². The van der Waals surface area contributed by atoms with E-state index in [0.717, 1.165) is 36.0 Å². The van der Waals surface area contributed by atoms with E-state index in [9.17, 15) is 4.79 Å². The average Bonchev–Trinajstić information content (AvgIpc) is 3.27. The number of anilines is 1. The smallest absolute Gasteiger partial charge is 0.232 e. The molecule has 6 nitrogen and oxygen atoms in total. The molecule has 0 bridgehead atoms. The molecule has 164 valence electrons. The normalized spacial score (nSPS) is 13.8. The number of hydrogen-bond donors (Lipinski definition) is 1. The van der Waals surface area contributed by atoms with E-state index < -0.39 is 0 Å². The van der Waals surface area contributed by atoms with Gasteiger partial charge in [-0.15, -0.1) is 0 Å². The Morgan fingerprint density at radius 1 is 1.16 bits per heavy atom. The van der Waals surface area contributed by atoms with Crippen LogP contribution in [0.1, 0.15) is 42.6 Å². The zero-order valence-electron chi connectivity index (χ0n) is 16.8. The first-order valence-electron chi connectivity index (χ1n) is 10.3. The molecule has 0 aliphatic carbocycles.